The van der Waals surface area contributed by atoms with Crippen LogP contribution in [0.15, 0.2) is 53.8 Å². The Bertz CT molecular complexity index is 632. The molecule has 0 bridgehead atoms. The molecule has 0 fully saturated rings. The molecule has 1 aromatic carbocycles. The van der Waals surface area contributed by atoms with Crippen LogP contribution < -0.4 is 15.4 Å². The number of hydrogen-bond donors (Lipinski definition) is 3. The van der Waals surface area contributed by atoms with Crippen molar-refractivity contribution in [3.05, 3.63) is 54.4 Å². The summed E-state index contributed by atoms with van der Waals surface area (Å²) in [5, 5.41) is 16.8. The van der Waals surface area contributed by atoms with Gasteiger partial charge in [0, 0.05) is 32.0 Å². The fraction of sp³-hybridized carbons (Fsp3) is 0.389. The molecule has 0 aliphatic heterocycles. The molecular formula is C18H27IN4O2. The Hall–Kier alpha value is -1.74. The number of nitrogens with one attached hydrogen (secondary N) is 2. The highest BCUT2D eigenvalue weighted by Gasteiger charge is 2.08. The van der Waals surface area contributed by atoms with Gasteiger partial charge in [0.25, 0.3) is 0 Å². The molecule has 6 nitrogen and oxygen atoms in total. The minimum Gasteiger partial charge on any atom is -0.497 e. The van der Waals surface area contributed by atoms with E-state index in [-0.39, 0.29) is 30.5 Å². The molecule has 7 heteroatoms. The highest BCUT2D eigenvalue weighted by Crippen LogP contribution is 2.19. The Kier molecular flexibility index (Phi) is 10.0. The molecule has 1 heterocycles. The van der Waals surface area contributed by atoms with Gasteiger partial charge in [-0.3, -0.25) is 4.99 Å². The number of benzene rings is 1. The number of aromatic nitrogens is 1. The van der Waals surface area contributed by atoms with E-state index in [2.05, 4.69) is 20.2 Å². The Morgan fingerprint density at radius 2 is 2.00 bits per heavy atom. The molecule has 25 heavy (non-hydrogen) atoms. The van der Waals surface area contributed by atoms with Crippen molar-refractivity contribution < 1.29 is 9.84 Å². The number of methoxy groups -OCH3 is 1. The lowest BCUT2D eigenvalue weighted by molar-refractivity contribution is 0.186. The highest BCUT2D eigenvalue weighted by atomic mass is 127. The van der Waals surface area contributed by atoms with Crippen LogP contribution in [0.1, 0.15) is 18.6 Å². The van der Waals surface area contributed by atoms with Gasteiger partial charge in [0.2, 0.25) is 0 Å². The summed E-state index contributed by atoms with van der Waals surface area (Å²) in [7, 11) is 1.61. The molecular weight excluding hydrogens is 431 g/mol. The Morgan fingerprint density at radius 3 is 2.68 bits per heavy atom. The number of nitrogens with zero attached hydrogens (tertiary/aromatic N) is 2. The number of ether oxygens (including phenoxy) is 1. The maximum atomic E-state index is 10.3. The molecule has 0 aliphatic carbocycles. The van der Waals surface area contributed by atoms with Gasteiger partial charge in [-0.05, 0) is 36.8 Å². The maximum Gasteiger partial charge on any atom is 0.191 e. The van der Waals surface area contributed by atoms with Gasteiger partial charge in [-0.2, -0.15) is 0 Å². The van der Waals surface area contributed by atoms with Crippen LogP contribution >= 0.6 is 24.0 Å². The van der Waals surface area contributed by atoms with Crippen molar-refractivity contribution in [3.63, 3.8) is 0 Å². The predicted octanol–water partition coefficient (Wildman–Crippen LogP) is 2.40. The van der Waals surface area contributed by atoms with Crippen LogP contribution in [-0.2, 0) is 6.54 Å². The molecule has 2 rings (SSSR count). The number of aliphatic hydroxyl groups excluding tert-OH is 1. The summed E-state index contributed by atoms with van der Waals surface area (Å²) < 4.78 is 7.28. The first-order chi connectivity index (χ1) is 11.7. The first-order valence-corrected chi connectivity index (χ1v) is 8.18. The smallest absolute Gasteiger partial charge is 0.191 e. The van der Waals surface area contributed by atoms with Crippen molar-refractivity contribution >= 4 is 29.9 Å². The van der Waals surface area contributed by atoms with Gasteiger partial charge in [-0.15, -0.1) is 24.0 Å². The minimum atomic E-state index is -0.667. The van der Waals surface area contributed by atoms with Crippen molar-refractivity contribution in [1.82, 2.24) is 15.2 Å². The van der Waals surface area contributed by atoms with E-state index in [9.17, 15) is 5.11 Å². The molecule has 3 N–H and O–H groups in total. The second kappa shape index (κ2) is 11.8. The summed E-state index contributed by atoms with van der Waals surface area (Å²) in [6, 6.07) is 11.4. The van der Waals surface area contributed by atoms with Crippen LogP contribution in [-0.4, -0.2) is 42.4 Å². The van der Waals surface area contributed by atoms with Crippen LogP contribution in [0.4, 0.5) is 0 Å². The Balaban J connectivity index is 0.00000312. The van der Waals surface area contributed by atoms with Gasteiger partial charge in [0.15, 0.2) is 5.96 Å². The van der Waals surface area contributed by atoms with Crippen molar-refractivity contribution in [3.8, 4) is 5.75 Å². The highest BCUT2D eigenvalue weighted by molar-refractivity contribution is 14.0. The lowest BCUT2D eigenvalue weighted by atomic mass is 10.1. The number of hydrogen-bond acceptors (Lipinski definition) is 3. The van der Waals surface area contributed by atoms with Crippen LogP contribution in [0.25, 0.3) is 0 Å². The molecule has 138 valence electrons. The largest absolute Gasteiger partial charge is 0.497 e. The van der Waals surface area contributed by atoms with Gasteiger partial charge in [0.1, 0.15) is 5.75 Å². The quantitative estimate of drug-likeness (QED) is 0.323. The van der Waals surface area contributed by atoms with Crippen LogP contribution in [0.5, 0.6) is 5.75 Å². The summed E-state index contributed by atoms with van der Waals surface area (Å²) in [4.78, 5) is 4.46. The fourth-order valence-corrected chi connectivity index (χ4v) is 2.30. The first kappa shape index (κ1) is 21.3. The number of rotatable bonds is 8. The first-order valence-electron chi connectivity index (χ1n) is 8.18. The molecule has 1 atom stereocenters. The average Bonchev–Trinajstić information content (AvgIpc) is 3.13. The molecule has 1 unspecified atom stereocenters. The third kappa shape index (κ3) is 7.35. The van der Waals surface area contributed by atoms with Gasteiger partial charge >= 0.3 is 0 Å². The standard InChI is InChI=1S/C18H26N4O2.HI/c1-3-19-18(20-9-12-22-10-4-5-11-22)21-14-17(23)15-7-6-8-16(13-15)24-2;/h4-8,10-11,13,17,23H,3,9,12,14H2,1-2H3,(H2,19,20,21);1H. The second-order valence-corrected chi connectivity index (χ2v) is 5.36. The summed E-state index contributed by atoms with van der Waals surface area (Å²) in [6.07, 6.45) is 3.39. The molecule has 0 saturated heterocycles. The van der Waals surface area contributed by atoms with E-state index >= 15 is 0 Å². The van der Waals surface area contributed by atoms with E-state index < -0.39 is 6.10 Å². The van der Waals surface area contributed by atoms with E-state index in [0.29, 0.717) is 5.96 Å². The predicted molar refractivity (Wildman–Crippen MR) is 112 cm³/mol. The summed E-state index contributed by atoms with van der Waals surface area (Å²) in [5.74, 6) is 1.43. The van der Waals surface area contributed by atoms with Crippen molar-refractivity contribution in [1.29, 1.82) is 0 Å². The van der Waals surface area contributed by atoms with Gasteiger partial charge in [0.05, 0.1) is 19.8 Å². The SMILES string of the molecule is CCNC(=NCC(O)c1cccc(OC)c1)NCCn1cccc1.I. The molecule has 0 amide bonds. The molecule has 2 aromatic rings. The molecule has 0 saturated carbocycles. The summed E-state index contributed by atoms with van der Waals surface area (Å²) in [5.41, 5.74) is 0.793. The zero-order chi connectivity index (χ0) is 17.2. The number of aliphatic imine (C=N–C) groups is 1. The number of halogens is 1. The van der Waals surface area contributed by atoms with E-state index in [1.165, 1.54) is 0 Å². The Labute approximate surface area is 166 Å². The van der Waals surface area contributed by atoms with Crippen LogP contribution in [0.2, 0.25) is 0 Å². The van der Waals surface area contributed by atoms with E-state index in [1.807, 2.05) is 55.7 Å². The van der Waals surface area contributed by atoms with E-state index in [4.69, 9.17) is 4.74 Å². The average molecular weight is 458 g/mol. The lowest BCUT2D eigenvalue weighted by Crippen LogP contribution is -2.39. The molecule has 0 spiro atoms. The normalized spacial score (nSPS) is 12.2. The van der Waals surface area contributed by atoms with E-state index in [0.717, 1.165) is 30.9 Å². The fourth-order valence-electron chi connectivity index (χ4n) is 2.30. The van der Waals surface area contributed by atoms with Crippen molar-refractivity contribution in [2.75, 3.05) is 26.7 Å². The van der Waals surface area contributed by atoms with E-state index in [1.54, 1.807) is 7.11 Å². The number of aliphatic hydroxyl groups is 1. The topological polar surface area (TPSA) is 70.8 Å². The van der Waals surface area contributed by atoms with Gasteiger partial charge < -0.3 is 25.0 Å². The molecule has 0 aliphatic rings. The number of guanidine groups is 1. The maximum absolute atomic E-state index is 10.3. The third-order valence-corrected chi connectivity index (χ3v) is 3.57. The van der Waals surface area contributed by atoms with Crippen LogP contribution in [0, 0.1) is 0 Å². The zero-order valence-corrected chi connectivity index (χ0v) is 17.0. The van der Waals surface area contributed by atoms with Gasteiger partial charge in [-0.1, -0.05) is 12.1 Å². The monoisotopic (exact) mass is 458 g/mol. The Morgan fingerprint density at radius 1 is 1.24 bits per heavy atom. The third-order valence-electron chi connectivity index (χ3n) is 3.57. The van der Waals surface area contributed by atoms with Crippen molar-refractivity contribution in [2.24, 2.45) is 4.99 Å². The second-order valence-electron chi connectivity index (χ2n) is 5.36. The summed E-state index contributed by atoms with van der Waals surface area (Å²) >= 11 is 0. The van der Waals surface area contributed by atoms with Crippen molar-refractivity contribution in [2.45, 2.75) is 19.6 Å². The molecule has 0 radical (unpaired) electrons. The lowest BCUT2D eigenvalue weighted by Gasteiger charge is -2.14. The molecule has 1 aromatic heterocycles. The van der Waals surface area contributed by atoms with Gasteiger partial charge in [-0.25, -0.2) is 0 Å². The zero-order valence-electron chi connectivity index (χ0n) is 14.7. The van der Waals surface area contributed by atoms with Crippen LogP contribution in [0.3, 0.4) is 0 Å². The minimum absolute atomic E-state index is 0. The summed E-state index contributed by atoms with van der Waals surface area (Å²) in [6.45, 7) is 4.68.